The van der Waals surface area contributed by atoms with Crippen molar-refractivity contribution in [3.63, 3.8) is 0 Å². The predicted octanol–water partition coefficient (Wildman–Crippen LogP) is 4.48. The highest BCUT2D eigenvalue weighted by Gasteiger charge is 2.20. The van der Waals surface area contributed by atoms with Crippen molar-refractivity contribution in [3.05, 3.63) is 65.7 Å². The van der Waals surface area contributed by atoms with E-state index in [1.807, 2.05) is 75.4 Å². The van der Waals surface area contributed by atoms with E-state index < -0.39 is 11.7 Å². The quantitative estimate of drug-likeness (QED) is 0.794. The van der Waals surface area contributed by atoms with Crippen LogP contribution in [0, 0.1) is 0 Å². The minimum Gasteiger partial charge on any atom is -0.497 e. The highest BCUT2D eigenvalue weighted by molar-refractivity contribution is 5.68. The molecule has 0 aliphatic heterocycles. The molecule has 0 spiro atoms. The van der Waals surface area contributed by atoms with Crippen LogP contribution in [0.4, 0.5) is 4.79 Å². The fraction of sp³-hybridized carbons (Fsp3) is 0.381. The Morgan fingerprint density at radius 2 is 1.69 bits per heavy atom. The number of ether oxygens (including phenoxy) is 3. The van der Waals surface area contributed by atoms with Crippen molar-refractivity contribution in [1.82, 2.24) is 5.32 Å². The minimum absolute atomic E-state index is 0.288. The van der Waals surface area contributed by atoms with Gasteiger partial charge in [0.1, 0.15) is 11.4 Å². The standard InChI is InChI=1S/C21H27NO4/c1-21(2,3)26-20(23)22-19(17-8-6-5-7-9-17)15-25-14-16-10-12-18(24-4)13-11-16/h5-13,19H,14-15H2,1-4H3,(H,22,23). The number of carbonyl (C=O) groups excluding carboxylic acids is 1. The summed E-state index contributed by atoms with van der Waals surface area (Å²) in [5.74, 6) is 0.808. The van der Waals surface area contributed by atoms with Crippen LogP contribution in [0.3, 0.4) is 0 Å². The molecule has 2 aromatic rings. The fourth-order valence-electron chi connectivity index (χ4n) is 2.37. The summed E-state index contributed by atoms with van der Waals surface area (Å²) in [4.78, 5) is 12.1. The number of amides is 1. The van der Waals surface area contributed by atoms with Gasteiger partial charge in [-0.2, -0.15) is 0 Å². The van der Waals surface area contributed by atoms with Crippen LogP contribution in [-0.2, 0) is 16.1 Å². The summed E-state index contributed by atoms with van der Waals surface area (Å²) in [5.41, 5.74) is 1.46. The van der Waals surface area contributed by atoms with Gasteiger partial charge in [0.15, 0.2) is 0 Å². The molecule has 0 aliphatic carbocycles. The van der Waals surface area contributed by atoms with E-state index in [9.17, 15) is 4.79 Å². The van der Waals surface area contributed by atoms with Gasteiger partial charge in [0, 0.05) is 0 Å². The van der Waals surface area contributed by atoms with Gasteiger partial charge in [-0.1, -0.05) is 42.5 Å². The summed E-state index contributed by atoms with van der Waals surface area (Å²) in [6.45, 7) is 6.30. The summed E-state index contributed by atoms with van der Waals surface area (Å²) >= 11 is 0. The molecule has 1 unspecified atom stereocenters. The second-order valence-electron chi connectivity index (χ2n) is 6.97. The van der Waals surface area contributed by atoms with E-state index in [0.29, 0.717) is 13.2 Å². The largest absolute Gasteiger partial charge is 0.497 e. The highest BCUT2D eigenvalue weighted by atomic mass is 16.6. The zero-order chi connectivity index (χ0) is 19.0. The van der Waals surface area contributed by atoms with E-state index >= 15 is 0 Å². The number of benzene rings is 2. The number of methoxy groups -OCH3 is 1. The van der Waals surface area contributed by atoms with Gasteiger partial charge < -0.3 is 19.5 Å². The second-order valence-corrected chi connectivity index (χ2v) is 6.97. The Balaban J connectivity index is 1.96. The summed E-state index contributed by atoms with van der Waals surface area (Å²) in [6, 6.07) is 17.1. The van der Waals surface area contributed by atoms with Gasteiger partial charge in [-0.05, 0) is 44.0 Å². The lowest BCUT2D eigenvalue weighted by Crippen LogP contribution is -2.36. The first kappa shape index (κ1) is 19.8. The van der Waals surface area contributed by atoms with Gasteiger partial charge in [0.2, 0.25) is 0 Å². The summed E-state index contributed by atoms with van der Waals surface area (Å²) in [5, 5.41) is 2.89. The summed E-state index contributed by atoms with van der Waals surface area (Å²) < 4.78 is 16.3. The van der Waals surface area contributed by atoms with Crippen LogP contribution in [0.15, 0.2) is 54.6 Å². The lowest BCUT2D eigenvalue weighted by Gasteiger charge is -2.24. The van der Waals surface area contributed by atoms with Crippen LogP contribution in [0.2, 0.25) is 0 Å². The first-order chi connectivity index (χ1) is 12.4. The molecule has 140 valence electrons. The maximum atomic E-state index is 12.1. The predicted molar refractivity (Wildman–Crippen MR) is 101 cm³/mol. The third-order valence-corrected chi connectivity index (χ3v) is 3.61. The van der Waals surface area contributed by atoms with Crippen molar-refractivity contribution in [3.8, 4) is 5.75 Å². The molecule has 0 fully saturated rings. The van der Waals surface area contributed by atoms with E-state index in [1.54, 1.807) is 7.11 Å². The molecule has 5 heteroatoms. The molecule has 2 aromatic carbocycles. The van der Waals surface area contributed by atoms with E-state index in [0.717, 1.165) is 16.9 Å². The number of alkyl carbamates (subject to hydrolysis) is 1. The number of hydrogen-bond donors (Lipinski definition) is 1. The monoisotopic (exact) mass is 357 g/mol. The van der Waals surface area contributed by atoms with Gasteiger partial charge in [0.25, 0.3) is 0 Å². The Morgan fingerprint density at radius 3 is 2.27 bits per heavy atom. The van der Waals surface area contributed by atoms with Gasteiger partial charge in [-0.25, -0.2) is 4.79 Å². The number of carbonyl (C=O) groups is 1. The third kappa shape index (κ3) is 6.76. The molecule has 0 saturated heterocycles. The van der Waals surface area contributed by atoms with E-state index in [4.69, 9.17) is 14.2 Å². The molecular formula is C21H27NO4. The molecular weight excluding hydrogens is 330 g/mol. The van der Waals surface area contributed by atoms with Crippen LogP contribution >= 0.6 is 0 Å². The van der Waals surface area contributed by atoms with Crippen molar-refractivity contribution in [2.75, 3.05) is 13.7 Å². The highest BCUT2D eigenvalue weighted by Crippen LogP contribution is 2.17. The maximum Gasteiger partial charge on any atom is 0.408 e. The molecule has 26 heavy (non-hydrogen) atoms. The summed E-state index contributed by atoms with van der Waals surface area (Å²) in [6.07, 6.45) is -0.459. The molecule has 0 aliphatic rings. The van der Waals surface area contributed by atoms with Crippen LogP contribution in [0.25, 0.3) is 0 Å². The topological polar surface area (TPSA) is 56.8 Å². The smallest absolute Gasteiger partial charge is 0.408 e. The fourth-order valence-corrected chi connectivity index (χ4v) is 2.37. The third-order valence-electron chi connectivity index (χ3n) is 3.61. The SMILES string of the molecule is COc1ccc(COCC(NC(=O)OC(C)(C)C)c2ccccc2)cc1. The second kappa shape index (κ2) is 9.25. The molecule has 0 aromatic heterocycles. The molecule has 5 nitrogen and oxygen atoms in total. The Hall–Kier alpha value is -2.53. The maximum absolute atomic E-state index is 12.1. The molecule has 1 N–H and O–H groups in total. The molecule has 1 amide bonds. The molecule has 1 atom stereocenters. The zero-order valence-electron chi connectivity index (χ0n) is 15.8. The van der Waals surface area contributed by atoms with Crippen molar-refractivity contribution in [2.24, 2.45) is 0 Å². The van der Waals surface area contributed by atoms with Crippen molar-refractivity contribution in [2.45, 2.75) is 39.0 Å². The molecule has 0 saturated carbocycles. The molecule has 0 bridgehead atoms. The normalized spacial score (nSPS) is 12.3. The number of nitrogens with one attached hydrogen (secondary N) is 1. The zero-order valence-corrected chi connectivity index (χ0v) is 15.8. The molecule has 0 heterocycles. The first-order valence-corrected chi connectivity index (χ1v) is 8.62. The molecule has 0 radical (unpaired) electrons. The van der Waals surface area contributed by atoms with Gasteiger partial charge in [-0.15, -0.1) is 0 Å². The Bertz CT molecular complexity index is 677. The van der Waals surface area contributed by atoms with Gasteiger partial charge in [-0.3, -0.25) is 0 Å². The van der Waals surface area contributed by atoms with Crippen molar-refractivity contribution in [1.29, 1.82) is 0 Å². The number of rotatable bonds is 7. The first-order valence-electron chi connectivity index (χ1n) is 8.62. The lowest BCUT2D eigenvalue weighted by molar-refractivity contribution is 0.0427. The minimum atomic E-state index is -0.546. The van der Waals surface area contributed by atoms with E-state index in [2.05, 4.69) is 5.32 Å². The Labute approximate surface area is 155 Å². The van der Waals surface area contributed by atoms with Crippen LogP contribution in [-0.4, -0.2) is 25.4 Å². The average Bonchev–Trinajstić information content (AvgIpc) is 2.60. The van der Waals surface area contributed by atoms with Crippen molar-refractivity contribution >= 4 is 6.09 Å². The van der Waals surface area contributed by atoms with E-state index in [1.165, 1.54) is 0 Å². The Morgan fingerprint density at radius 1 is 1.04 bits per heavy atom. The van der Waals surface area contributed by atoms with Crippen LogP contribution in [0.5, 0.6) is 5.75 Å². The Kier molecular flexibility index (Phi) is 7.04. The van der Waals surface area contributed by atoms with Gasteiger partial charge >= 0.3 is 6.09 Å². The van der Waals surface area contributed by atoms with Gasteiger partial charge in [0.05, 0.1) is 26.4 Å². The van der Waals surface area contributed by atoms with E-state index in [-0.39, 0.29) is 6.04 Å². The summed E-state index contributed by atoms with van der Waals surface area (Å²) in [7, 11) is 1.64. The van der Waals surface area contributed by atoms with Crippen molar-refractivity contribution < 1.29 is 19.0 Å². The lowest BCUT2D eigenvalue weighted by atomic mass is 10.1. The average molecular weight is 357 g/mol. The van der Waals surface area contributed by atoms with Crippen LogP contribution in [0.1, 0.15) is 37.9 Å². The van der Waals surface area contributed by atoms with Crippen LogP contribution < -0.4 is 10.1 Å². The number of hydrogen-bond acceptors (Lipinski definition) is 4. The molecule has 2 rings (SSSR count).